The van der Waals surface area contributed by atoms with E-state index in [-0.39, 0.29) is 51.2 Å². The zero-order chi connectivity index (χ0) is 54.7. The van der Waals surface area contributed by atoms with Crippen molar-refractivity contribution in [2.24, 2.45) is 28.0 Å². The number of fused-ring (bicyclic) bond motifs is 5. The van der Waals surface area contributed by atoms with Crippen LogP contribution in [0.4, 0.5) is 0 Å². The lowest BCUT2D eigenvalue weighted by Crippen LogP contribution is -2.55. The lowest BCUT2D eigenvalue weighted by atomic mass is 9.55. The van der Waals surface area contributed by atoms with Gasteiger partial charge in [-0.05, 0) is 103 Å². The van der Waals surface area contributed by atoms with Crippen molar-refractivity contribution in [1.29, 1.82) is 0 Å². The van der Waals surface area contributed by atoms with E-state index in [4.69, 9.17) is 24.7 Å². The number of amides is 4. The van der Waals surface area contributed by atoms with E-state index in [1.54, 1.807) is 66.1 Å². The number of hydrogen-bond donors (Lipinski definition) is 6. The molecule has 0 unspecified atom stereocenters. The number of nitro groups is 1. The summed E-state index contributed by atoms with van der Waals surface area (Å²) in [6.45, 7) is 0.341. The molecule has 0 saturated heterocycles. The van der Waals surface area contributed by atoms with Gasteiger partial charge >= 0.3 is 11.9 Å². The van der Waals surface area contributed by atoms with Crippen LogP contribution in [0.1, 0.15) is 92.0 Å². The van der Waals surface area contributed by atoms with Gasteiger partial charge in [0.15, 0.2) is 17.7 Å². The van der Waals surface area contributed by atoms with E-state index in [0.717, 1.165) is 43.2 Å². The Morgan fingerprint density at radius 1 is 0.766 bits per heavy atom. The predicted octanol–water partition coefficient (Wildman–Crippen LogP) is 4.03. The lowest BCUT2D eigenvalue weighted by Gasteiger charge is -2.48. The first-order valence-corrected chi connectivity index (χ1v) is 25.8. The summed E-state index contributed by atoms with van der Waals surface area (Å²) in [6.07, 6.45) is 4.54. The van der Waals surface area contributed by atoms with Crippen molar-refractivity contribution in [2.75, 3.05) is 26.3 Å². The summed E-state index contributed by atoms with van der Waals surface area (Å²) in [6, 6.07) is 28.2. The van der Waals surface area contributed by atoms with E-state index in [2.05, 4.69) is 33.2 Å². The van der Waals surface area contributed by atoms with Crippen LogP contribution in [-0.4, -0.2) is 96.8 Å². The Kier molecular flexibility index (Phi) is 20.2. The molecule has 0 aliphatic heterocycles. The topological polar surface area (TPSA) is 298 Å². The van der Waals surface area contributed by atoms with Crippen molar-refractivity contribution < 1.29 is 57.5 Å². The fourth-order valence-electron chi connectivity index (χ4n) is 10.5. The second-order valence-electron chi connectivity index (χ2n) is 19.7. The van der Waals surface area contributed by atoms with Crippen LogP contribution in [0.25, 0.3) is 0 Å². The maximum atomic E-state index is 14.1. The molecule has 21 heteroatoms. The fraction of sp³-hybridized carbons (Fsp3) is 0.429. The number of nitrogens with zero attached hydrogens (tertiary/aromatic N) is 2. The van der Waals surface area contributed by atoms with Crippen LogP contribution in [0, 0.1) is 27.4 Å². The van der Waals surface area contributed by atoms with Crippen molar-refractivity contribution in [1.82, 2.24) is 26.7 Å². The first kappa shape index (κ1) is 56.5. The molecule has 7 rings (SSSR count). The summed E-state index contributed by atoms with van der Waals surface area (Å²) in [5.41, 5.74) is 11.6. The number of rotatable bonds is 26. The highest BCUT2D eigenvalue weighted by molar-refractivity contribution is 5.95. The number of nitrogens with two attached hydrogens (primary N) is 1. The van der Waals surface area contributed by atoms with Crippen LogP contribution < -0.4 is 37.2 Å². The molecule has 0 spiro atoms. The quantitative estimate of drug-likeness (QED) is 0.0129. The van der Waals surface area contributed by atoms with E-state index in [1.165, 1.54) is 5.56 Å². The Hall–Kier alpha value is -8.20. The minimum Gasteiger partial charge on any atom is -0.484 e. The molecule has 0 heterocycles. The number of aliphatic imine (C=N–C) groups is 1. The van der Waals surface area contributed by atoms with E-state index in [0.29, 0.717) is 46.8 Å². The summed E-state index contributed by atoms with van der Waals surface area (Å²) in [7, 11) is 0. The van der Waals surface area contributed by atoms with Gasteiger partial charge in [0.05, 0.1) is 26.2 Å². The third kappa shape index (κ3) is 16.4. The predicted molar refractivity (Wildman–Crippen MR) is 279 cm³/mol. The molecule has 7 atom stereocenters. The van der Waals surface area contributed by atoms with Gasteiger partial charge in [-0.25, -0.2) is 19.9 Å². The molecule has 2 saturated carbocycles. The summed E-state index contributed by atoms with van der Waals surface area (Å²) in [4.78, 5) is 109. The van der Waals surface area contributed by atoms with Gasteiger partial charge in [0.25, 0.3) is 11.9 Å². The molecule has 21 nitrogen and oxygen atoms in total. The third-order valence-electron chi connectivity index (χ3n) is 14.5. The summed E-state index contributed by atoms with van der Waals surface area (Å²) in [5, 5.41) is 20.0. The van der Waals surface area contributed by atoms with E-state index >= 15 is 0 Å². The number of carbonyl (C=O) groups is 7. The smallest absolute Gasteiger partial charge is 0.331 e. The van der Waals surface area contributed by atoms with Crippen LogP contribution in [0.2, 0.25) is 0 Å². The highest BCUT2D eigenvalue weighted by atomic mass is 16.7. The number of aryl methyl sites for hydroxylation is 1. The van der Waals surface area contributed by atoms with Crippen LogP contribution in [-0.2, 0) is 74.0 Å². The molecule has 4 aromatic carbocycles. The van der Waals surface area contributed by atoms with Gasteiger partial charge < -0.3 is 45.9 Å². The van der Waals surface area contributed by atoms with Crippen LogP contribution in [0.15, 0.2) is 114 Å². The minimum atomic E-state index is -1.63. The first-order chi connectivity index (χ1) is 37.1. The maximum Gasteiger partial charge on any atom is 0.331 e. The Balaban J connectivity index is 0.987. The maximum absolute atomic E-state index is 14.1. The van der Waals surface area contributed by atoms with Gasteiger partial charge in [0.1, 0.15) is 36.8 Å². The number of guanidine groups is 1. The van der Waals surface area contributed by atoms with Crippen molar-refractivity contribution >= 4 is 47.3 Å². The van der Waals surface area contributed by atoms with E-state index < -0.39 is 84.3 Å². The highest BCUT2D eigenvalue weighted by Crippen LogP contribution is 2.59. The third-order valence-corrected chi connectivity index (χ3v) is 14.5. The summed E-state index contributed by atoms with van der Waals surface area (Å²) in [5.74, 6) is -3.54. The molecule has 2 fully saturated rings. The molecule has 408 valence electrons. The molecule has 0 radical (unpaired) electrons. The highest BCUT2D eigenvalue weighted by Gasteiger charge is 2.54. The minimum absolute atomic E-state index is 0.0616. The number of nitrogens with one attached hydrogen (secondary N) is 5. The standard InChI is InChI=1S/C56H66N8O13/c1-56-26-25-42-41-22-20-40(28-39(41)19-21-43(42)44(56)23-24-48(56)65)75-35-50(67)60-45(18-11-27-58-55(57)63-64(72)73)52(69)59-30-49(66)61-46(29-51(68)76-32-37-14-7-3-8-15-37)53(70)62-47(34-74-31-36-12-5-2-6-13-36)54(71)77-33-38-16-9-4-10-17-38/h2-10,12-17,20,22,28,42-47H,11,18-19,21,23-27,29-35H2,1H3,(H,59,69)(H,60,67)(H,61,66)(H,62,70)(H3,57,58,63)/t42-,43-,44+,45+,46-,47+,56+/m1/s1. The molecule has 0 aromatic heterocycles. The number of carbonyl (C=O) groups excluding carboxylic acids is 7. The van der Waals surface area contributed by atoms with Crippen molar-refractivity contribution in [3.8, 4) is 5.75 Å². The number of esters is 2. The molecule has 4 amide bonds. The van der Waals surface area contributed by atoms with Crippen LogP contribution in [0.3, 0.4) is 0 Å². The SMILES string of the molecule is C[C@]12CC[C@@H]3c4ccc(OCC(=O)N[C@@H](CCCN=C(N)N[N+](=O)[O-])C(=O)NCC(=O)N[C@H](CC(=O)OCc5ccccc5)C(=O)N[C@@H](COCc5ccccc5)C(=O)OCc5ccccc5)cc4CC[C@H]3[C@@H]1CCC2=O. The largest absolute Gasteiger partial charge is 0.484 e. The van der Waals surface area contributed by atoms with Gasteiger partial charge in [-0.1, -0.05) is 109 Å². The van der Waals surface area contributed by atoms with Gasteiger partial charge in [0, 0.05) is 18.4 Å². The van der Waals surface area contributed by atoms with Gasteiger partial charge in [-0.3, -0.25) is 28.8 Å². The molecule has 0 bridgehead atoms. The first-order valence-electron chi connectivity index (χ1n) is 25.8. The van der Waals surface area contributed by atoms with E-state index in [9.17, 15) is 43.7 Å². The monoisotopic (exact) mass is 1060 g/mol. The normalized spacial score (nSPS) is 19.6. The van der Waals surface area contributed by atoms with Gasteiger partial charge in [-0.15, -0.1) is 0 Å². The second kappa shape index (κ2) is 27.5. The number of hydrazine groups is 1. The molecular formula is C56H66N8O13. The number of Topliss-reactive ketones (excluding diaryl/α,β-unsaturated/α-hetero) is 1. The van der Waals surface area contributed by atoms with E-state index in [1.807, 2.05) is 48.5 Å². The Bertz CT molecular complexity index is 2750. The van der Waals surface area contributed by atoms with Crippen molar-refractivity contribution in [2.45, 2.75) is 109 Å². The second-order valence-corrected chi connectivity index (χ2v) is 19.7. The molecule has 7 N–H and O–H groups in total. The number of ketones is 1. The molecule has 3 aliphatic rings. The Morgan fingerprint density at radius 3 is 2.09 bits per heavy atom. The van der Waals surface area contributed by atoms with Gasteiger partial charge in [0.2, 0.25) is 17.7 Å². The summed E-state index contributed by atoms with van der Waals surface area (Å²) >= 11 is 0. The molecule has 77 heavy (non-hydrogen) atoms. The number of ether oxygens (including phenoxy) is 4. The van der Waals surface area contributed by atoms with Gasteiger partial charge in [-0.2, -0.15) is 0 Å². The molecule has 3 aliphatic carbocycles. The lowest BCUT2D eigenvalue weighted by molar-refractivity contribution is -0.525. The molecular weight excluding hydrogens is 993 g/mol. The number of hydrogen-bond acceptors (Lipinski definition) is 14. The summed E-state index contributed by atoms with van der Waals surface area (Å²) < 4.78 is 22.7. The zero-order valence-electron chi connectivity index (χ0n) is 42.9. The average molecular weight is 1060 g/mol. The Labute approximate surface area is 445 Å². The van der Waals surface area contributed by atoms with Crippen LogP contribution >= 0.6 is 0 Å². The number of benzene rings is 4. The van der Waals surface area contributed by atoms with Crippen molar-refractivity contribution in [3.05, 3.63) is 147 Å². The van der Waals surface area contributed by atoms with Crippen LogP contribution in [0.5, 0.6) is 5.75 Å². The van der Waals surface area contributed by atoms with Crippen molar-refractivity contribution in [3.63, 3.8) is 0 Å². The zero-order valence-corrected chi connectivity index (χ0v) is 42.9. The Morgan fingerprint density at radius 2 is 1.42 bits per heavy atom. The average Bonchev–Trinajstić information content (AvgIpc) is 3.85. The molecule has 4 aromatic rings. The fourth-order valence-corrected chi connectivity index (χ4v) is 10.5.